The van der Waals surface area contributed by atoms with Crippen LogP contribution in [0.3, 0.4) is 0 Å². The van der Waals surface area contributed by atoms with E-state index in [0.29, 0.717) is 25.5 Å². The molecule has 0 fully saturated rings. The monoisotopic (exact) mass is 309 g/mol. The van der Waals surface area contributed by atoms with Gasteiger partial charge in [-0.2, -0.15) is 5.10 Å². The van der Waals surface area contributed by atoms with Gasteiger partial charge in [-0.3, -0.25) is 9.55 Å². The van der Waals surface area contributed by atoms with Crippen molar-refractivity contribution < 1.29 is 0 Å². The quantitative estimate of drug-likeness (QED) is 0.751. The highest BCUT2D eigenvalue weighted by atomic mass is 16.1. The van der Waals surface area contributed by atoms with E-state index < -0.39 is 0 Å². The van der Waals surface area contributed by atoms with E-state index in [1.807, 2.05) is 25.1 Å². The first-order valence-electron chi connectivity index (χ1n) is 7.36. The number of hydrogen-bond acceptors (Lipinski definition) is 6. The SMILES string of the molecule is Cc1nc(-c2ccncc2)cc(N2CCn3c(n[nH]c3=O)C2)n1. The van der Waals surface area contributed by atoms with Crippen molar-refractivity contribution in [3.05, 3.63) is 52.7 Å². The normalized spacial score (nSPS) is 13.9. The molecule has 23 heavy (non-hydrogen) atoms. The molecule has 8 heteroatoms. The Labute approximate surface area is 131 Å². The Hall–Kier alpha value is -3.03. The average Bonchev–Trinajstić information content (AvgIpc) is 2.96. The van der Waals surface area contributed by atoms with Crippen LogP contribution in [0.25, 0.3) is 11.3 Å². The molecule has 0 atom stereocenters. The zero-order valence-electron chi connectivity index (χ0n) is 12.6. The van der Waals surface area contributed by atoms with Crippen LogP contribution in [-0.4, -0.2) is 36.3 Å². The van der Waals surface area contributed by atoms with Crippen molar-refractivity contribution in [1.29, 1.82) is 0 Å². The predicted octanol–water partition coefficient (Wildman–Crippen LogP) is 0.752. The van der Waals surface area contributed by atoms with Crippen LogP contribution in [-0.2, 0) is 13.1 Å². The molecule has 3 aromatic rings. The van der Waals surface area contributed by atoms with Gasteiger partial charge in [-0.05, 0) is 19.1 Å². The molecule has 0 aliphatic carbocycles. The highest BCUT2D eigenvalue weighted by Crippen LogP contribution is 2.23. The molecule has 0 spiro atoms. The van der Waals surface area contributed by atoms with Crippen LogP contribution >= 0.6 is 0 Å². The maximum absolute atomic E-state index is 11.6. The molecule has 4 heterocycles. The van der Waals surface area contributed by atoms with Gasteiger partial charge >= 0.3 is 5.69 Å². The minimum Gasteiger partial charge on any atom is -0.347 e. The summed E-state index contributed by atoms with van der Waals surface area (Å²) in [7, 11) is 0. The zero-order chi connectivity index (χ0) is 15.8. The van der Waals surface area contributed by atoms with Crippen LogP contribution in [0, 0.1) is 6.92 Å². The van der Waals surface area contributed by atoms with Gasteiger partial charge in [0.2, 0.25) is 0 Å². The van der Waals surface area contributed by atoms with Gasteiger partial charge in [0.1, 0.15) is 11.6 Å². The first-order chi connectivity index (χ1) is 11.2. The minimum absolute atomic E-state index is 0.156. The number of anilines is 1. The molecule has 0 saturated carbocycles. The molecule has 0 bridgehead atoms. The molecule has 0 unspecified atom stereocenters. The fourth-order valence-electron chi connectivity index (χ4n) is 2.75. The second-order valence-electron chi connectivity index (χ2n) is 5.41. The molecule has 3 aromatic heterocycles. The third-order valence-electron chi connectivity index (χ3n) is 3.89. The summed E-state index contributed by atoms with van der Waals surface area (Å²) < 4.78 is 1.66. The minimum atomic E-state index is -0.156. The molecular formula is C15H15N7O. The fraction of sp³-hybridized carbons (Fsp3) is 0.267. The summed E-state index contributed by atoms with van der Waals surface area (Å²) in [6, 6.07) is 5.81. The van der Waals surface area contributed by atoms with Crippen LogP contribution in [0.1, 0.15) is 11.6 Å². The van der Waals surface area contributed by atoms with Crippen molar-refractivity contribution in [2.24, 2.45) is 0 Å². The van der Waals surface area contributed by atoms with E-state index >= 15 is 0 Å². The lowest BCUT2D eigenvalue weighted by molar-refractivity contribution is 0.545. The van der Waals surface area contributed by atoms with Crippen molar-refractivity contribution in [1.82, 2.24) is 29.7 Å². The smallest absolute Gasteiger partial charge is 0.343 e. The Morgan fingerprint density at radius 2 is 2.00 bits per heavy atom. The lowest BCUT2D eigenvalue weighted by Gasteiger charge is -2.28. The van der Waals surface area contributed by atoms with E-state index in [1.165, 1.54) is 0 Å². The lowest BCUT2D eigenvalue weighted by Crippen LogP contribution is -2.37. The van der Waals surface area contributed by atoms with E-state index in [1.54, 1.807) is 17.0 Å². The molecule has 0 radical (unpaired) electrons. The molecule has 1 aliphatic heterocycles. The Bertz CT molecular complexity index is 900. The Kier molecular flexibility index (Phi) is 3.14. The number of H-pyrrole nitrogens is 1. The van der Waals surface area contributed by atoms with Crippen molar-refractivity contribution in [2.45, 2.75) is 20.0 Å². The van der Waals surface area contributed by atoms with Crippen molar-refractivity contribution in [3.8, 4) is 11.3 Å². The number of rotatable bonds is 2. The highest BCUT2D eigenvalue weighted by molar-refractivity contribution is 5.62. The number of pyridine rings is 1. The fourth-order valence-corrected chi connectivity index (χ4v) is 2.75. The summed E-state index contributed by atoms with van der Waals surface area (Å²) in [5, 5.41) is 6.56. The van der Waals surface area contributed by atoms with Crippen LogP contribution in [0.4, 0.5) is 5.82 Å². The maximum Gasteiger partial charge on any atom is 0.343 e. The molecule has 0 aromatic carbocycles. The molecular weight excluding hydrogens is 294 g/mol. The van der Waals surface area contributed by atoms with Crippen LogP contribution in [0.5, 0.6) is 0 Å². The van der Waals surface area contributed by atoms with Gasteiger partial charge in [0.05, 0.1) is 12.2 Å². The van der Waals surface area contributed by atoms with Crippen LogP contribution in [0.2, 0.25) is 0 Å². The van der Waals surface area contributed by atoms with Crippen LogP contribution < -0.4 is 10.6 Å². The van der Waals surface area contributed by atoms with E-state index in [0.717, 1.165) is 22.9 Å². The van der Waals surface area contributed by atoms with E-state index in [2.05, 4.69) is 30.0 Å². The Morgan fingerprint density at radius 1 is 1.17 bits per heavy atom. The summed E-state index contributed by atoms with van der Waals surface area (Å²) >= 11 is 0. The third-order valence-corrected chi connectivity index (χ3v) is 3.89. The molecule has 0 saturated heterocycles. The van der Waals surface area contributed by atoms with Crippen molar-refractivity contribution in [2.75, 3.05) is 11.4 Å². The van der Waals surface area contributed by atoms with E-state index in [9.17, 15) is 4.79 Å². The van der Waals surface area contributed by atoms with Gasteiger partial charge in [0.15, 0.2) is 5.82 Å². The van der Waals surface area contributed by atoms with E-state index in [-0.39, 0.29) is 5.69 Å². The molecule has 0 amide bonds. The molecule has 116 valence electrons. The van der Waals surface area contributed by atoms with Gasteiger partial charge in [-0.1, -0.05) is 0 Å². The lowest BCUT2D eigenvalue weighted by atomic mass is 10.2. The summed E-state index contributed by atoms with van der Waals surface area (Å²) in [5.41, 5.74) is 1.70. The second-order valence-corrected chi connectivity index (χ2v) is 5.41. The Morgan fingerprint density at radius 3 is 2.83 bits per heavy atom. The van der Waals surface area contributed by atoms with Gasteiger partial charge in [0, 0.05) is 37.1 Å². The number of hydrogen-bond donors (Lipinski definition) is 1. The summed E-state index contributed by atoms with van der Waals surface area (Å²) in [6.45, 7) is 3.73. The number of fused-ring (bicyclic) bond motifs is 1. The van der Waals surface area contributed by atoms with Gasteiger partial charge in [0.25, 0.3) is 0 Å². The maximum atomic E-state index is 11.6. The topological polar surface area (TPSA) is 92.6 Å². The highest BCUT2D eigenvalue weighted by Gasteiger charge is 2.21. The van der Waals surface area contributed by atoms with Crippen molar-refractivity contribution in [3.63, 3.8) is 0 Å². The summed E-state index contributed by atoms with van der Waals surface area (Å²) in [4.78, 5) is 26.8. The summed E-state index contributed by atoms with van der Waals surface area (Å²) in [5.74, 6) is 2.27. The first-order valence-corrected chi connectivity index (χ1v) is 7.36. The standard InChI is InChI=1S/C15H15N7O/c1-10-17-12(11-2-4-16-5-3-11)8-13(18-10)21-6-7-22-14(9-21)19-20-15(22)23/h2-5,8H,6-7,9H2,1H3,(H,20,23). The number of nitrogens with zero attached hydrogens (tertiary/aromatic N) is 6. The summed E-state index contributed by atoms with van der Waals surface area (Å²) in [6.07, 6.45) is 3.49. The largest absolute Gasteiger partial charge is 0.347 e. The van der Waals surface area contributed by atoms with Gasteiger partial charge in [-0.15, -0.1) is 0 Å². The molecule has 4 rings (SSSR count). The number of aromatic amines is 1. The number of nitrogens with one attached hydrogen (secondary N) is 1. The van der Waals surface area contributed by atoms with Gasteiger partial charge in [-0.25, -0.2) is 19.9 Å². The van der Waals surface area contributed by atoms with Crippen molar-refractivity contribution >= 4 is 5.82 Å². The second kappa shape index (κ2) is 5.31. The van der Waals surface area contributed by atoms with Crippen LogP contribution in [0.15, 0.2) is 35.4 Å². The Balaban J connectivity index is 1.70. The zero-order valence-corrected chi connectivity index (χ0v) is 12.6. The van der Waals surface area contributed by atoms with E-state index in [4.69, 9.17) is 0 Å². The number of aryl methyl sites for hydroxylation is 1. The predicted molar refractivity (Wildman–Crippen MR) is 83.9 cm³/mol. The third kappa shape index (κ3) is 2.48. The van der Waals surface area contributed by atoms with Gasteiger partial charge < -0.3 is 4.90 Å². The first kappa shape index (κ1) is 13.6. The molecule has 1 N–H and O–H groups in total. The average molecular weight is 309 g/mol. The number of aromatic nitrogens is 6. The molecule has 1 aliphatic rings. The molecule has 8 nitrogen and oxygen atoms in total.